The predicted molar refractivity (Wildman–Crippen MR) is 136 cm³/mol. The highest BCUT2D eigenvalue weighted by molar-refractivity contribution is 7.99. The summed E-state index contributed by atoms with van der Waals surface area (Å²) in [5.74, 6) is -0.440. The largest absolute Gasteiger partial charge is 0.467 e. The highest BCUT2D eigenvalue weighted by Gasteiger charge is 2.37. The molecule has 0 spiro atoms. The summed E-state index contributed by atoms with van der Waals surface area (Å²) in [5, 5.41) is 12.6. The SMILES string of the molecule is COC(=O)C1CSc2c(-c3cccc(C(F)(F)F)c3)c(Cc3cccc4ccccc34)c(CO)c(=O)n21. The lowest BCUT2D eigenvalue weighted by Crippen LogP contribution is -2.33. The zero-order valence-electron chi connectivity index (χ0n) is 19.7. The van der Waals surface area contributed by atoms with Crippen LogP contribution in [-0.2, 0) is 28.7 Å². The molecule has 0 amide bonds. The van der Waals surface area contributed by atoms with Crippen molar-refractivity contribution in [2.24, 2.45) is 0 Å². The molecule has 0 saturated carbocycles. The summed E-state index contributed by atoms with van der Waals surface area (Å²) in [7, 11) is 1.21. The van der Waals surface area contributed by atoms with Crippen LogP contribution in [0.4, 0.5) is 13.2 Å². The molecule has 190 valence electrons. The Balaban J connectivity index is 1.82. The Labute approximate surface area is 214 Å². The first-order valence-corrected chi connectivity index (χ1v) is 12.5. The van der Waals surface area contributed by atoms with Gasteiger partial charge in [0.25, 0.3) is 5.56 Å². The summed E-state index contributed by atoms with van der Waals surface area (Å²) < 4.78 is 47.1. The number of aromatic nitrogens is 1. The minimum atomic E-state index is -4.57. The second kappa shape index (κ2) is 9.72. The van der Waals surface area contributed by atoms with E-state index in [4.69, 9.17) is 4.74 Å². The van der Waals surface area contributed by atoms with E-state index in [1.165, 1.54) is 29.5 Å². The first kappa shape index (κ1) is 25.1. The lowest BCUT2D eigenvalue weighted by molar-refractivity contribution is -0.144. The van der Waals surface area contributed by atoms with E-state index in [9.17, 15) is 27.9 Å². The van der Waals surface area contributed by atoms with E-state index < -0.39 is 35.9 Å². The summed E-state index contributed by atoms with van der Waals surface area (Å²) >= 11 is 1.22. The predicted octanol–water partition coefficient (Wildman–Crippen LogP) is 5.59. The van der Waals surface area contributed by atoms with Crippen molar-refractivity contribution in [1.82, 2.24) is 4.57 Å². The summed E-state index contributed by atoms with van der Waals surface area (Å²) in [4.78, 5) is 26.1. The van der Waals surface area contributed by atoms with Crippen LogP contribution in [0.25, 0.3) is 21.9 Å². The van der Waals surface area contributed by atoms with E-state index in [0.29, 0.717) is 16.2 Å². The van der Waals surface area contributed by atoms with Crippen molar-refractivity contribution in [3.8, 4) is 11.1 Å². The number of alkyl halides is 3. The summed E-state index contributed by atoms with van der Waals surface area (Å²) in [6.45, 7) is -0.635. The molecule has 0 radical (unpaired) electrons. The average Bonchev–Trinajstić information content (AvgIpc) is 3.34. The van der Waals surface area contributed by atoms with Gasteiger partial charge in [-0.15, -0.1) is 11.8 Å². The molecule has 1 aliphatic rings. The first-order valence-electron chi connectivity index (χ1n) is 11.5. The highest BCUT2D eigenvalue weighted by atomic mass is 32.2. The molecule has 1 atom stereocenters. The zero-order valence-corrected chi connectivity index (χ0v) is 20.5. The second-order valence-corrected chi connectivity index (χ2v) is 9.72. The maximum absolute atomic E-state index is 13.6. The van der Waals surface area contributed by atoms with Crippen molar-refractivity contribution >= 4 is 28.5 Å². The molecule has 1 N–H and O–H groups in total. The minimum Gasteiger partial charge on any atom is -0.467 e. The normalized spacial score (nSPS) is 15.1. The number of halogens is 3. The molecule has 1 aliphatic heterocycles. The van der Waals surface area contributed by atoms with Crippen LogP contribution in [0.15, 0.2) is 76.6 Å². The molecule has 0 saturated heterocycles. The average molecular weight is 526 g/mol. The number of nitrogens with zero attached hydrogens (tertiary/aromatic N) is 1. The summed E-state index contributed by atoms with van der Waals surface area (Å²) in [5.41, 5.74) is 0.611. The fourth-order valence-corrected chi connectivity index (χ4v) is 6.21. The van der Waals surface area contributed by atoms with Gasteiger partial charge in [0.2, 0.25) is 0 Å². The monoisotopic (exact) mass is 525 g/mol. The van der Waals surface area contributed by atoms with E-state index in [1.807, 2.05) is 42.5 Å². The van der Waals surface area contributed by atoms with E-state index in [1.54, 1.807) is 6.07 Å². The van der Waals surface area contributed by atoms with Crippen LogP contribution < -0.4 is 5.56 Å². The van der Waals surface area contributed by atoms with Gasteiger partial charge in [-0.25, -0.2) is 4.79 Å². The van der Waals surface area contributed by atoms with Crippen LogP contribution >= 0.6 is 11.8 Å². The number of esters is 1. The van der Waals surface area contributed by atoms with Crippen molar-refractivity contribution in [2.75, 3.05) is 12.9 Å². The van der Waals surface area contributed by atoms with Gasteiger partial charge in [-0.2, -0.15) is 13.2 Å². The Morgan fingerprint density at radius 1 is 1.08 bits per heavy atom. The maximum Gasteiger partial charge on any atom is 0.416 e. The fourth-order valence-electron chi connectivity index (χ4n) is 4.88. The number of carbonyl (C=O) groups is 1. The minimum absolute atomic E-state index is 0.0421. The number of carbonyl (C=O) groups excluding carboxylic acids is 1. The van der Waals surface area contributed by atoms with Crippen LogP contribution in [0.3, 0.4) is 0 Å². The van der Waals surface area contributed by atoms with Crippen molar-refractivity contribution in [3.63, 3.8) is 0 Å². The number of hydrogen-bond donors (Lipinski definition) is 1. The van der Waals surface area contributed by atoms with Crippen LogP contribution in [0.2, 0.25) is 0 Å². The van der Waals surface area contributed by atoms with E-state index in [2.05, 4.69) is 0 Å². The van der Waals surface area contributed by atoms with Gasteiger partial charge in [0.05, 0.1) is 24.3 Å². The molecular formula is C28H22F3NO4S. The van der Waals surface area contributed by atoms with Crippen LogP contribution in [-0.4, -0.2) is 28.5 Å². The fraction of sp³-hybridized carbons (Fsp3) is 0.214. The molecule has 5 nitrogen and oxygen atoms in total. The molecule has 5 rings (SSSR count). The molecule has 1 aromatic heterocycles. The molecule has 2 heterocycles. The van der Waals surface area contributed by atoms with Gasteiger partial charge < -0.3 is 9.84 Å². The van der Waals surface area contributed by atoms with Gasteiger partial charge in [0, 0.05) is 16.9 Å². The Kier molecular flexibility index (Phi) is 6.59. The molecule has 3 aromatic carbocycles. The van der Waals surface area contributed by atoms with Gasteiger partial charge in [-0.05, 0) is 46.0 Å². The third-order valence-corrected chi connectivity index (χ3v) is 7.78. The third kappa shape index (κ3) is 4.42. The number of benzene rings is 3. The van der Waals surface area contributed by atoms with Crippen molar-refractivity contribution in [3.05, 3.63) is 99.3 Å². The van der Waals surface area contributed by atoms with Gasteiger partial charge >= 0.3 is 12.1 Å². The maximum atomic E-state index is 13.6. The quantitative estimate of drug-likeness (QED) is 0.344. The number of methoxy groups -OCH3 is 1. The molecular weight excluding hydrogens is 503 g/mol. The number of aliphatic hydroxyl groups excluding tert-OH is 1. The summed E-state index contributed by atoms with van der Waals surface area (Å²) in [6.07, 6.45) is -4.36. The van der Waals surface area contributed by atoms with Gasteiger partial charge in [0.1, 0.15) is 6.04 Å². The Morgan fingerprint density at radius 2 is 1.81 bits per heavy atom. The van der Waals surface area contributed by atoms with Crippen molar-refractivity contribution in [1.29, 1.82) is 0 Å². The smallest absolute Gasteiger partial charge is 0.416 e. The standard InChI is InChI=1S/C28H22F3NO4S/c1-36-27(35)23-15-37-26-24(18-9-5-10-19(12-18)28(29,30)31)21(22(14-33)25(34)32(23)26)13-17-8-4-7-16-6-2-3-11-20(16)17/h2-12,23,33H,13-15H2,1H3. The third-order valence-electron chi connectivity index (χ3n) is 6.62. The highest BCUT2D eigenvalue weighted by Crippen LogP contribution is 2.44. The van der Waals surface area contributed by atoms with Crippen LogP contribution in [0, 0.1) is 0 Å². The number of hydrogen-bond acceptors (Lipinski definition) is 5. The molecule has 0 aliphatic carbocycles. The molecule has 0 bridgehead atoms. The zero-order chi connectivity index (χ0) is 26.3. The van der Waals surface area contributed by atoms with E-state index >= 15 is 0 Å². The number of pyridine rings is 1. The second-order valence-electron chi connectivity index (χ2n) is 8.71. The molecule has 4 aromatic rings. The lowest BCUT2D eigenvalue weighted by Gasteiger charge is -2.21. The molecule has 37 heavy (non-hydrogen) atoms. The molecule has 9 heteroatoms. The summed E-state index contributed by atoms with van der Waals surface area (Å²) in [6, 6.07) is 17.4. The Bertz CT molecular complexity index is 1570. The molecule has 0 fully saturated rings. The number of aliphatic hydroxyl groups is 1. The van der Waals surface area contributed by atoms with Gasteiger partial charge in [-0.1, -0.05) is 54.6 Å². The number of fused-ring (bicyclic) bond motifs is 2. The van der Waals surface area contributed by atoms with Gasteiger partial charge in [0.15, 0.2) is 0 Å². The Morgan fingerprint density at radius 3 is 2.54 bits per heavy atom. The topological polar surface area (TPSA) is 68.5 Å². The molecule has 1 unspecified atom stereocenters. The van der Waals surface area contributed by atoms with Crippen molar-refractivity contribution in [2.45, 2.75) is 30.3 Å². The van der Waals surface area contributed by atoms with Crippen LogP contribution in [0.5, 0.6) is 0 Å². The lowest BCUT2D eigenvalue weighted by atomic mass is 9.90. The van der Waals surface area contributed by atoms with Crippen molar-refractivity contribution < 1.29 is 27.8 Å². The van der Waals surface area contributed by atoms with E-state index in [0.717, 1.165) is 28.5 Å². The van der Waals surface area contributed by atoms with Crippen LogP contribution in [0.1, 0.15) is 28.3 Å². The van der Waals surface area contributed by atoms with E-state index in [-0.39, 0.29) is 23.3 Å². The Hall–Kier alpha value is -3.56. The number of ether oxygens (including phenoxy) is 1. The first-order chi connectivity index (χ1) is 17.7. The number of rotatable bonds is 5. The number of thioether (sulfide) groups is 1. The van der Waals surface area contributed by atoms with Gasteiger partial charge in [-0.3, -0.25) is 9.36 Å².